The Hall–Kier alpha value is -3.32. The third-order valence-electron chi connectivity index (χ3n) is 5.31. The molecule has 29 heavy (non-hydrogen) atoms. The van der Waals surface area contributed by atoms with Crippen LogP contribution in [0.15, 0.2) is 53.7 Å². The molecule has 4 rings (SSSR count). The van der Waals surface area contributed by atoms with Gasteiger partial charge in [-0.05, 0) is 66.0 Å². The van der Waals surface area contributed by atoms with Gasteiger partial charge in [-0.25, -0.2) is 0 Å². The lowest BCUT2D eigenvalue weighted by Gasteiger charge is -2.32. The fourth-order valence-electron chi connectivity index (χ4n) is 3.93. The number of hydrogen-bond donors (Lipinski definition) is 2. The second kappa shape index (κ2) is 7.97. The predicted octanol–water partition coefficient (Wildman–Crippen LogP) is 3.93. The maximum absolute atomic E-state index is 10.9. The average Bonchev–Trinajstić information content (AvgIpc) is 3.14. The highest BCUT2D eigenvalue weighted by Gasteiger charge is 2.28. The van der Waals surface area contributed by atoms with E-state index in [0.717, 1.165) is 48.3 Å². The minimum atomic E-state index is -0.408. The number of nitro groups is 1. The lowest BCUT2D eigenvalue weighted by Crippen LogP contribution is -2.36. The van der Waals surface area contributed by atoms with Gasteiger partial charge in [0.25, 0.3) is 5.69 Å². The average molecular weight is 394 g/mol. The van der Waals surface area contributed by atoms with Crippen LogP contribution in [0.3, 0.4) is 0 Å². The summed E-state index contributed by atoms with van der Waals surface area (Å²) in [6, 6.07) is 11.1. The Bertz CT molecular complexity index is 989. The molecule has 1 saturated heterocycles. The molecule has 0 amide bonds. The van der Waals surface area contributed by atoms with Crippen molar-refractivity contribution in [3.05, 3.63) is 75.0 Å². The molecule has 0 unspecified atom stereocenters. The molecule has 0 saturated carbocycles. The largest absolute Gasteiger partial charge is 0.508 e. The van der Waals surface area contributed by atoms with Crippen LogP contribution in [0.5, 0.6) is 11.5 Å². The summed E-state index contributed by atoms with van der Waals surface area (Å²) < 4.78 is 5.50. The SMILES string of the molecule is O=[N+]([O-])c1ccc(/C=C2\CCC(c3cc(O)ccc3O)=C2N2CCOCC2)cc1. The van der Waals surface area contributed by atoms with Crippen molar-refractivity contribution in [3.63, 3.8) is 0 Å². The summed E-state index contributed by atoms with van der Waals surface area (Å²) in [7, 11) is 0. The molecule has 0 spiro atoms. The maximum atomic E-state index is 10.9. The summed E-state index contributed by atoms with van der Waals surface area (Å²) in [5.74, 6) is 0.250. The number of phenolic OH excluding ortho intramolecular Hbond substituents is 2. The van der Waals surface area contributed by atoms with E-state index < -0.39 is 4.92 Å². The Labute approximate surface area is 168 Å². The fourth-order valence-corrected chi connectivity index (χ4v) is 3.93. The Morgan fingerprint density at radius 3 is 2.45 bits per heavy atom. The second-order valence-corrected chi connectivity index (χ2v) is 7.15. The molecule has 2 N–H and O–H groups in total. The molecule has 1 aliphatic heterocycles. The zero-order chi connectivity index (χ0) is 20.4. The normalized spacial score (nSPS) is 18.5. The number of rotatable bonds is 4. The van der Waals surface area contributed by atoms with E-state index in [4.69, 9.17) is 4.74 Å². The first-order valence-electron chi connectivity index (χ1n) is 9.56. The molecule has 150 valence electrons. The summed E-state index contributed by atoms with van der Waals surface area (Å²) in [6.45, 7) is 2.76. The van der Waals surface area contributed by atoms with E-state index in [2.05, 4.69) is 4.90 Å². The van der Waals surface area contributed by atoms with Crippen molar-refractivity contribution in [2.45, 2.75) is 12.8 Å². The monoisotopic (exact) mass is 394 g/mol. The Balaban J connectivity index is 1.78. The zero-order valence-electron chi connectivity index (χ0n) is 15.9. The smallest absolute Gasteiger partial charge is 0.269 e. The number of nitrogens with zero attached hydrogens (tertiary/aromatic N) is 2. The molecule has 0 atom stereocenters. The number of aromatic hydroxyl groups is 2. The summed E-state index contributed by atoms with van der Waals surface area (Å²) >= 11 is 0. The van der Waals surface area contributed by atoms with Gasteiger partial charge in [0.05, 0.1) is 18.1 Å². The zero-order valence-corrected chi connectivity index (χ0v) is 15.9. The van der Waals surface area contributed by atoms with Gasteiger partial charge in [0.2, 0.25) is 0 Å². The van der Waals surface area contributed by atoms with Gasteiger partial charge in [-0.1, -0.05) is 0 Å². The number of nitro benzene ring substituents is 1. The molecule has 2 aromatic rings. The summed E-state index contributed by atoms with van der Waals surface area (Å²) in [4.78, 5) is 12.7. The van der Waals surface area contributed by atoms with Crippen LogP contribution in [-0.2, 0) is 4.74 Å². The van der Waals surface area contributed by atoms with Crippen molar-refractivity contribution in [2.24, 2.45) is 0 Å². The molecule has 1 fully saturated rings. The molecule has 1 aliphatic carbocycles. The van der Waals surface area contributed by atoms with Gasteiger partial charge in [-0.3, -0.25) is 10.1 Å². The quantitative estimate of drug-likeness (QED) is 0.463. The van der Waals surface area contributed by atoms with Crippen LogP contribution < -0.4 is 0 Å². The van der Waals surface area contributed by atoms with Crippen molar-refractivity contribution in [2.75, 3.05) is 26.3 Å². The number of non-ortho nitro benzene ring substituents is 1. The summed E-state index contributed by atoms with van der Waals surface area (Å²) in [6.07, 6.45) is 3.57. The highest BCUT2D eigenvalue weighted by Crippen LogP contribution is 2.44. The van der Waals surface area contributed by atoms with E-state index in [0.29, 0.717) is 18.8 Å². The lowest BCUT2D eigenvalue weighted by molar-refractivity contribution is -0.384. The first-order chi connectivity index (χ1) is 14.0. The minimum Gasteiger partial charge on any atom is -0.508 e. The van der Waals surface area contributed by atoms with Crippen molar-refractivity contribution < 1.29 is 19.9 Å². The van der Waals surface area contributed by atoms with Gasteiger partial charge in [0.1, 0.15) is 11.5 Å². The molecule has 7 nitrogen and oxygen atoms in total. The van der Waals surface area contributed by atoms with Gasteiger partial charge >= 0.3 is 0 Å². The van der Waals surface area contributed by atoms with Crippen LogP contribution >= 0.6 is 0 Å². The fraction of sp³-hybridized carbons (Fsp3) is 0.273. The van der Waals surface area contributed by atoms with Crippen molar-refractivity contribution >= 4 is 17.3 Å². The third-order valence-corrected chi connectivity index (χ3v) is 5.31. The predicted molar refractivity (Wildman–Crippen MR) is 109 cm³/mol. The molecule has 0 radical (unpaired) electrons. The lowest BCUT2D eigenvalue weighted by atomic mass is 10.0. The number of allylic oxidation sites excluding steroid dienone is 2. The van der Waals surface area contributed by atoms with Crippen LogP contribution in [0.1, 0.15) is 24.0 Å². The first kappa shape index (κ1) is 19.0. The van der Waals surface area contributed by atoms with Crippen LogP contribution in [-0.4, -0.2) is 46.3 Å². The van der Waals surface area contributed by atoms with Crippen LogP contribution in [0.2, 0.25) is 0 Å². The van der Waals surface area contributed by atoms with Crippen molar-refractivity contribution in [1.29, 1.82) is 0 Å². The molecule has 7 heteroatoms. The van der Waals surface area contributed by atoms with Gasteiger partial charge in [0.15, 0.2) is 0 Å². The number of morpholine rings is 1. The standard InChI is InChI=1S/C22H22N2O5/c25-18-6-8-21(26)20(14-18)19-7-3-16(22(19)23-9-11-29-12-10-23)13-15-1-4-17(5-2-15)24(27)28/h1-2,4-6,8,13-14,25-26H,3,7,9-12H2/b16-13+. The number of phenols is 2. The van der Waals surface area contributed by atoms with Crippen LogP contribution in [0.4, 0.5) is 5.69 Å². The highest BCUT2D eigenvalue weighted by atomic mass is 16.6. The van der Waals surface area contributed by atoms with Crippen molar-refractivity contribution in [1.82, 2.24) is 4.90 Å². The molecule has 2 aromatic carbocycles. The molecule has 0 bridgehead atoms. The molecule has 2 aliphatic rings. The van der Waals surface area contributed by atoms with Crippen LogP contribution in [0, 0.1) is 10.1 Å². The highest BCUT2D eigenvalue weighted by molar-refractivity contribution is 5.82. The van der Waals surface area contributed by atoms with E-state index in [1.54, 1.807) is 18.2 Å². The van der Waals surface area contributed by atoms with E-state index in [-0.39, 0.29) is 17.2 Å². The Morgan fingerprint density at radius 1 is 1.03 bits per heavy atom. The van der Waals surface area contributed by atoms with E-state index in [1.165, 1.54) is 24.3 Å². The summed E-state index contributed by atoms with van der Waals surface area (Å²) in [5.41, 5.74) is 4.74. The van der Waals surface area contributed by atoms with E-state index >= 15 is 0 Å². The minimum absolute atomic E-state index is 0.0629. The maximum Gasteiger partial charge on any atom is 0.269 e. The molecular formula is C22H22N2O5. The second-order valence-electron chi connectivity index (χ2n) is 7.15. The third kappa shape index (κ3) is 3.95. The van der Waals surface area contributed by atoms with Gasteiger partial charge in [0, 0.05) is 36.5 Å². The Kier molecular flexibility index (Phi) is 5.22. The molecular weight excluding hydrogens is 372 g/mol. The molecule has 0 aromatic heterocycles. The van der Waals surface area contributed by atoms with E-state index in [1.807, 2.05) is 6.08 Å². The van der Waals surface area contributed by atoms with Gasteiger partial charge in [-0.2, -0.15) is 0 Å². The van der Waals surface area contributed by atoms with Crippen molar-refractivity contribution in [3.8, 4) is 11.5 Å². The van der Waals surface area contributed by atoms with Crippen LogP contribution in [0.25, 0.3) is 11.6 Å². The van der Waals surface area contributed by atoms with Gasteiger partial charge in [-0.15, -0.1) is 0 Å². The number of hydrogen-bond acceptors (Lipinski definition) is 6. The topological polar surface area (TPSA) is 96.1 Å². The van der Waals surface area contributed by atoms with E-state index in [9.17, 15) is 20.3 Å². The number of benzene rings is 2. The first-order valence-corrected chi connectivity index (χ1v) is 9.56. The Morgan fingerprint density at radius 2 is 1.76 bits per heavy atom. The van der Waals surface area contributed by atoms with Gasteiger partial charge < -0.3 is 19.8 Å². The summed E-state index contributed by atoms with van der Waals surface area (Å²) in [5, 5.41) is 31.2. The number of ether oxygens (including phenoxy) is 1. The molecule has 1 heterocycles.